The molecule has 0 bridgehead atoms. The van der Waals surface area contributed by atoms with Crippen LogP contribution in [-0.4, -0.2) is 19.1 Å². The van der Waals surface area contributed by atoms with E-state index in [9.17, 15) is 0 Å². The van der Waals surface area contributed by atoms with Crippen molar-refractivity contribution < 1.29 is 0 Å². The number of piperidine rings is 1. The molecule has 0 amide bonds. The van der Waals surface area contributed by atoms with E-state index in [0.717, 1.165) is 18.3 Å². The third-order valence-corrected chi connectivity index (χ3v) is 3.94. The maximum Gasteiger partial charge on any atom is 0.0369 e. The molecule has 1 heterocycles. The zero-order valence-corrected chi connectivity index (χ0v) is 9.19. The summed E-state index contributed by atoms with van der Waals surface area (Å²) in [5.74, 6) is 1.55. The van der Waals surface area contributed by atoms with Crippen LogP contribution in [0, 0.1) is 11.8 Å². The molecule has 1 aromatic rings. The molecule has 0 aromatic heterocycles. The summed E-state index contributed by atoms with van der Waals surface area (Å²) in [5, 5.41) is 0. The van der Waals surface area contributed by atoms with Gasteiger partial charge >= 0.3 is 0 Å². The SMILES string of the molecule is CCc1cccc(N2CC3C(N)C3C2)c1. The van der Waals surface area contributed by atoms with Gasteiger partial charge in [-0.15, -0.1) is 0 Å². The predicted molar refractivity (Wildman–Crippen MR) is 63.0 cm³/mol. The van der Waals surface area contributed by atoms with Crippen LogP contribution >= 0.6 is 0 Å². The second-order valence-electron chi connectivity index (χ2n) is 4.83. The zero-order valence-electron chi connectivity index (χ0n) is 9.19. The Morgan fingerprint density at radius 3 is 2.73 bits per heavy atom. The van der Waals surface area contributed by atoms with Gasteiger partial charge in [-0.05, 0) is 36.0 Å². The first-order valence-corrected chi connectivity index (χ1v) is 5.89. The first kappa shape index (κ1) is 9.22. The Labute approximate surface area is 91.1 Å². The summed E-state index contributed by atoms with van der Waals surface area (Å²) >= 11 is 0. The Morgan fingerprint density at radius 2 is 2.07 bits per heavy atom. The average molecular weight is 202 g/mol. The Balaban J connectivity index is 1.77. The van der Waals surface area contributed by atoms with Crippen LogP contribution in [0.2, 0.25) is 0 Å². The average Bonchev–Trinajstić information content (AvgIpc) is 2.73. The van der Waals surface area contributed by atoms with Crippen molar-refractivity contribution in [3.05, 3.63) is 29.8 Å². The molecule has 1 saturated carbocycles. The molecule has 2 N–H and O–H groups in total. The van der Waals surface area contributed by atoms with E-state index in [1.807, 2.05) is 0 Å². The molecule has 2 aliphatic rings. The van der Waals surface area contributed by atoms with Crippen molar-refractivity contribution in [2.75, 3.05) is 18.0 Å². The van der Waals surface area contributed by atoms with Gasteiger partial charge < -0.3 is 10.6 Å². The molecule has 2 heteroatoms. The van der Waals surface area contributed by atoms with E-state index in [1.54, 1.807) is 0 Å². The number of hydrogen-bond donors (Lipinski definition) is 1. The zero-order chi connectivity index (χ0) is 10.4. The summed E-state index contributed by atoms with van der Waals surface area (Å²) in [7, 11) is 0. The number of hydrogen-bond acceptors (Lipinski definition) is 2. The summed E-state index contributed by atoms with van der Waals surface area (Å²) in [4.78, 5) is 2.48. The Kier molecular flexibility index (Phi) is 1.99. The van der Waals surface area contributed by atoms with Crippen LogP contribution < -0.4 is 10.6 Å². The highest BCUT2D eigenvalue weighted by atomic mass is 15.2. The molecule has 15 heavy (non-hydrogen) atoms. The lowest BCUT2D eigenvalue weighted by Gasteiger charge is -2.21. The molecule has 1 saturated heterocycles. The lowest BCUT2D eigenvalue weighted by Crippen LogP contribution is -2.27. The van der Waals surface area contributed by atoms with E-state index in [4.69, 9.17) is 5.73 Å². The van der Waals surface area contributed by atoms with Gasteiger partial charge in [-0.3, -0.25) is 0 Å². The number of nitrogens with two attached hydrogens (primary N) is 1. The van der Waals surface area contributed by atoms with E-state index >= 15 is 0 Å². The molecule has 0 radical (unpaired) electrons. The number of anilines is 1. The molecule has 3 rings (SSSR count). The fraction of sp³-hybridized carbons (Fsp3) is 0.538. The number of aryl methyl sites for hydroxylation is 1. The highest BCUT2D eigenvalue weighted by molar-refractivity contribution is 5.51. The van der Waals surface area contributed by atoms with Gasteiger partial charge in [-0.1, -0.05) is 19.1 Å². The Morgan fingerprint density at radius 1 is 1.33 bits per heavy atom. The summed E-state index contributed by atoms with van der Waals surface area (Å²) in [6.07, 6.45) is 1.12. The van der Waals surface area contributed by atoms with Gasteiger partial charge in [0.2, 0.25) is 0 Å². The van der Waals surface area contributed by atoms with Crippen LogP contribution in [0.15, 0.2) is 24.3 Å². The van der Waals surface area contributed by atoms with Gasteiger partial charge in [0.05, 0.1) is 0 Å². The molecule has 1 aliphatic heterocycles. The molecule has 80 valence electrons. The van der Waals surface area contributed by atoms with Crippen molar-refractivity contribution in [1.82, 2.24) is 0 Å². The van der Waals surface area contributed by atoms with Gasteiger partial charge in [0.25, 0.3) is 0 Å². The summed E-state index contributed by atoms with van der Waals surface area (Å²) in [5.41, 5.74) is 8.75. The van der Waals surface area contributed by atoms with E-state index < -0.39 is 0 Å². The molecule has 1 aromatic carbocycles. The third-order valence-electron chi connectivity index (χ3n) is 3.94. The van der Waals surface area contributed by atoms with Gasteiger partial charge in [0.1, 0.15) is 0 Å². The molecule has 2 nitrogen and oxygen atoms in total. The maximum atomic E-state index is 5.94. The monoisotopic (exact) mass is 202 g/mol. The molecule has 2 unspecified atom stereocenters. The van der Waals surface area contributed by atoms with Crippen molar-refractivity contribution in [1.29, 1.82) is 0 Å². The predicted octanol–water partition coefficient (Wildman–Crippen LogP) is 1.64. The Bertz CT molecular complexity index is 363. The summed E-state index contributed by atoms with van der Waals surface area (Å²) < 4.78 is 0. The quantitative estimate of drug-likeness (QED) is 0.790. The largest absolute Gasteiger partial charge is 0.371 e. The van der Waals surface area contributed by atoms with Gasteiger partial charge in [-0.2, -0.15) is 0 Å². The van der Waals surface area contributed by atoms with Crippen LogP contribution in [-0.2, 0) is 6.42 Å². The van der Waals surface area contributed by atoms with E-state index in [-0.39, 0.29) is 0 Å². The second kappa shape index (κ2) is 3.24. The van der Waals surface area contributed by atoms with Crippen molar-refractivity contribution in [3.63, 3.8) is 0 Å². The lowest BCUT2D eigenvalue weighted by atomic mass is 10.1. The minimum atomic E-state index is 0.496. The van der Waals surface area contributed by atoms with Gasteiger partial charge in [-0.25, -0.2) is 0 Å². The second-order valence-corrected chi connectivity index (χ2v) is 4.83. The first-order valence-electron chi connectivity index (χ1n) is 5.89. The van der Waals surface area contributed by atoms with Crippen LogP contribution in [0.5, 0.6) is 0 Å². The van der Waals surface area contributed by atoms with Crippen LogP contribution in [0.4, 0.5) is 5.69 Å². The highest BCUT2D eigenvalue weighted by Crippen LogP contribution is 2.45. The van der Waals surface area contributed by atoms with Crippen LogP contribution in [0.3, 0.4) is 0 Å². The fourth-order valence-electron chi connectivity index (χ4n) is 2.76. The molecular weight excluding hydrogens is 184 g/mol. The van der Waals surface area contributed by atoms with Crippen molar-refractivity contribution in [2.24, 2.45) is 17.6 Å². The molecular formula is C13H18N2. The van der Waals surface area contributed by atoms with E-state index in [2.05, 4.69) is 36.1 Å². The van der Waals surface area contributed by atoms with Crippen molar-refractivity contribution >= 4 is 5.69 Å². The highest BCUT2D eigenvalue weighted by Gasteiger charge is 2.53. The van der Waals surface area contributed by atoms with Gasteiger partial charge in [0, 0.05) is 24.8 Å². The van der Waals surface area contributed by atoms with Gasteiger partial charge in [0.15, 0.2) is 0 Å². The minimum absolute atomic E-state index is 0.496. The first-order chi connectivity index (χ1) is 7.29. The standard InChI is InChI=1S/C13H18N2/c1-2-9-4-3-5-10(6-9)15-7-11-12(8-15)13(11)14/h3-6,11-13H,2,7-8,14H2,1H3. The minimum Gasteiger partial charge on any atom is -0.371 e. The smallest absolute Gasteiger partial charge is 0.0369 e. The number of fused-ring (bicyclic) bond motifs is 1. The number of rotatable bonds is 2. The van der Waals surface area contributed by atoms with Crippen LogP contribution in [0.1, 0.15) is 12.5 Å². The molecule has 1 aliphatic carbocycles. The normalized spacial score (nSPS) is 32.9. The Hall–Kier alpha value is -1.02. The van der Waals surface area contributed by atoms with Crippen molar-refractivity contribution in [3.8, 4) is 0 Å². The molecule has 2 fully saturated rings. The lowest BCUT2D eigenvalue weighted by molar-refractivity contribution is 0.743. The van der Waals surface area contributed by atoms with E-state index in [0.29, 0.717) is 6.04 Å². The topological polar surface area (TPSA) is 29.3 Å². The number of nitrogens with zero attached hydrogens (tertiary/aromatic N) is 1. The van der Waals surface area contributed by atoms with Crippen LogP contribution in [0.25, 0.3) is 0 Å². The molecule has 2 atom stereocenters. The van der Waals surface area contributed by atoms with E-state index in [1.165, 1.54) is 24.3 Å². The maximum absolute atomic E-state index is 5.94. The summed E-state index contributed by atoms with van der Waals surface area (Å²) in [6, 6.07) is 9.39. The summed E-state index contributed by atoms with van der Waals surface area (Å²) in [6.45, 7) is 4.54. The number of benzene rings is 1. The van der Waals surface area contributed by atoms with Crippen molar-refractivity contribution in [2.45, 2.75) is 19.4 Å². The third kappa shape index (κ3) is 1.44. The molecule has 0 spiro atoms. The fourth-order valence-corrected chi connectivity index (χ4v) is 2.76.